The highest BCUT2D eigenvalue weighted by Crippen LogP contribution is 2.26. The van der Waals surface area contributed by atoms with Gasteiger partial charge in [-0.25, -0.2) is 9.97 Å². The normalized spacial score (nSPS) is 15.1. The average Bonchev–Trinajstić information content (AvgIpc) is 2.89. The summed E-state index contributed by atoms with van der Waals surface area (Å²) in [4.78, 5) is 28.8. The third-order valence-electron chi connectivity index (χ3n) is 6.05. The monoisotopic (exact) mass is 478 g/mol. The van der Waals surface area contributed by atoms with Crippen LogP contribution in [0.3, 0.4) is 0 Å². The molecule has 1 amide bonds. The lowest BCUT2D eigenvalue weighted by Crippen LogP contribution is -2.44. The van der Waals surface area contributed by atoms with Crippen molar-refractivity contribution >= 4 is 17.5 Å². The molecule has 1 fully saturated rings. The molecule has 178 valence electrons. The highest BCUT2D eigenvalue weighted by Gasteiger charge is 2.19. The smallest absolute Gasteiger partial charge is 0.221 e. The van der Waals surface area contributed by atoms with Gasteiger partial charge >= 0.3 is 0 Å². The maximum Gasteiger partial charge on any atom is 0.221 e. The van der Waals surface area contributed by atoms with Crippen molar-refractivity contribution in [3.05, 3.63) is 76.7 Å². The maximum absolute atomic E-state index is 12.8. The van der Waals surface area contributed by atoms with E-state index in [2.05, 4.69) is 25.5 Å². The molecule has 8 heteroatoms. The largest absolute Gasteiger partial charge is 0.349 e. The zero-order valence-corrected chi connectivity index (χ0v) is 20.3. The summed E-state index contributed by atoms with van der Waals surface area (Å²) in [6.45, 7) is 6.59. The molecule has 34 heavy (non-hydrogen) atoms. The molecule has 0 radical (unpaired) electrons. The second kappa shape index (κ2) is 12.0. The Kier molecular flexibility index (Phi) is 8.57. The minimum absolute atomic E-state index is 0.0616. The van der Waals surface area contributed by atoms with Gasteiger partial charge in [0.25, 0.3) is 0 Å². The number of aryl methyl sites for hydroxylation is 2. The van der Waals surface area contributed by atoms with Gasteiger partial charge in [0.05, 0.1) is 22.5 Å². The van der Waals surface area contributed by atoms with E-state index in [1.54, 1.807) is 6.20 Å². The molecule has 1 aromatic carbocycles. The van der Waals surface area contributed by atoms with Crippen molar-refractivity contribution in [2.75, 3.05) is 32.7 Å². The summed E-state index contributed by atoms with van der Waals surface area (Å²) in [7, 11) is 0. The number of benzene rings is 1. The predicted molar refractivity (Wildman–Crippen MR) is 135 cm³/mol. The molecule has 3 aromatic rings. The van der Waals surface area contributed by atoms with E-state index in [1.807, 2.05) is 55.5 Å². The number of nitrogens with one attached hydrogen (secondary N) is 2. The highest BCUT2D eigenvalue weighted by molar-refractivity contribution is 6.31. The van der Waals surface area contributed by atoms with Gasteiger partial charge in [0.1, 0.15) is 5.69 Å². The summed E-state index contributed by atoms with van der Waals surface area (Å²) in [5.74, 6) is 0.625. The molecule has 7 nitrogen and oxygen atoms in total. The molecule has 0 spiro atoms. The number of carbonyl (C=O) groups is 1. The van der Waals surface area contributed by atoms with Crippen LogP contribution < -0.4 is 10.6 Å². The van der Waals surface area contributed by atoms with Gasteiger partial charge in [-0.3, -0.25) is 9.78 Å². The zero-order chi connectivity index (χ0) is 23.8. The lowest BCUT2D eigenvalue weighted by atomic mass is 10.00. The number of piperazine rings is 1. The first-order valence-electron chi connectivity index (χ1n) is 11.8. The molecule has 0 bridgehead atoms. The van der Waals surface area contributed by atoms with Gasteiger partial charge in [-0.2, -0.15) is 0 Å². The number of hydrogen-bond donors (Lipinski definition) is 2. The molecular weight excluding hydrogens is 448 g/mol. The number of rotatable bonds is 9. The van der Waals surface area contributed by atoms with Gasteiger partial charge < -0.3 is 15.5 Å². The quantitative estimate of drug-likeness (QED) is 0.489. The molecule has 2 aromatic heterocycles. The molecular formula is C26H31ClN6O. The van der Waals surface area contributed by atoms with E-state index in [0.29, 0.717) is 35.8 Å². The number of hydrogen-bond acceptors (Lipinski definition) is 6. The fraction of sp³-hybridized carbons (Fsp3) is 0.385. The van der Waals surface area contributed by atoms with Crippen LogP contribution in [0, 0.1) is 6.92 Å². The molecule has 3 heterocycles. The number of nitrogens with zero attached hydrogens (tertiary/aromatic N) is 4. The second-order valence-corrected chi connectivity index (χ2v) is 8.90. The van der Waals surface area contributed by atoms with Gasteiger partial charge in [0.2, 0.25) is 5.91 Å². The SMILES string of the molecule is Cc1nc(-c2ccccn2)nc(CC[C@H](NC(=O)CCN2CCNCC2)c2ccccc2)c1Cl. The second-order valence-electron chi connectivity index (χ2n) is 8.52. The molecule has 0 unspecified atom stereocenters. The van der Waals surface area contributed by atoms with Crippen molar-refractivity contribution < 1.29 is 4.79 Å². The predicted octanol–water partition coefficient (Wildman–Crippen LogP) is 3.59. The van der Waals surface area contributed by atoms with Crippen LogP contribution in [0.1, 0.15) is 35.8 Å². The summed E-state index contributed by atoms with van der Waals surface area (Å²) in [6, 6.07) is 15.6. The van der Waals surface area contributed by atoms with Gasteiger partial charge in [0.15, 0.2) is 5.82 Å². The molecule has 4 rings (SSSR count). The van der Waals surface area contributed by atoms with Gasteiger partial charge in [-0.15, -0.1) is 0 Å². The van der Waals surface area contributed by atoms with E-state index < -0.39 is 0 Å². The molecule has 1 aliphatic heterocycles. The number of aromatic nitrogens is 3. The van der Waals surface area contributed by atoms with Crippen molar-refractivity contribution in [2.24, 2.45) is 0 Å². The van der Waals surface area contributed by atoms with E-state index >= 15 is 0 Å². The maximum atomic E-state index is 12.8. The highest BCUT2D eigenvalue weighted by atomic mass is 35.5. The summed E-state index contributed by atoms with van der Waals surface area (Å²) < 4.78 is 0. The fourth-order valence-electron chi connectivity index (χ4n) is 4.14. The number of carbonyl (C=O) groups excluding carboxylic acids is 1. The van der Waals surface area contributed by atoms with Gasteiger partial charge in [-0.05, 0) is 37.5 Å². The minimum Gasteiger partial charge on any atom is -0.349 e. The van der Waals surface area contributed by atoms with Crippen molar-refractivity contribution in [1.29, 1.82) is 0 Å². The van der Waals surface area contributed by atoms with Crippen molar-refractivity contribution in [3.8, 4) is 11.5 Å². The van der Waals surface area contributed by atoms with Crippen LogP contribution in [0.5, 0.6) is 0 Å². The van der Waals surface area contributed by atoms with Crippen LogP contribution in [-0.4, -0.2) is 58.5 Å². The summed E-state index contributed by atoms with van der Waals surface area (Å²) in [5, 5.41) is 7.15. The van der Waals surface area contributed by atoms with Crippen molar-refractivity contribution in [1.82, 2.24) is 30.5 Å². The Morgan fingerprint density at radius 1 is 1.12 bits per heavy atom. The van der Waals surface area contributed by atoms with Crippen LogP contribution in [0.4, 0.5) is 0 Å². The molecule has 2 N–H and O–H groups in total. The van der Waals surface area contributed by atoms with Crippen molar-refractivity contribution in [2.45, 2.75) is 32.2 Å². The van der Waals surface area contributed by atoms with Crippen LogP contribution in [0.25, 0.3) is 11.5 Å². The van der Waals surface area contributed by atoms with Crippen LogP contribution in [-0.2, 0) is 11.2 Å². The van der Waals surface area contributed by atoms with E-state index in [4.69, 9.17) is 16.6 Å². The lowest BCUT2D eigenvalue weighted by Gasteiger charge is -2.27. The summed E-state index contributed by atoms with van der Waals surface area (Å²) >= 11 is 6.58. The third-order valence-corrected chi connectivity index (χ3v) is 6.54. The Morgan fingerprint density at radius 2 is 1.88 bits per heavy atom. The van der Waals surface area contributed by atoms with E-state index in [0.717, 1.165) is 49.7 Å². The molecule has 1 aliphatic rings. The number of amides is 1. The van der Waals surface area contributed by atoms with Crippen LogP contribution >= 0.6 is 11.6 Å². The molecule has 0 saturated carbocycles. The molecule has 0 aliphatic carbocycles. The summed E-state index contributed by atoms with van der Waals surface area (Å²) in [6.07, 6.45) is 3.51. The Labute approximate surface area is 206 Å². The van der Waals surface area contributed by atoms with Gasteiger partial charge in [0, 0.05) is 45.3 Å². The number of halogens is 1. The average molecular weight is 479 g/mol. The Hall–Kier alpha value is -2.87. The topological polar surface area (TPSA) is 83.0 Å². The zero-order valence-electron chi connectivity index (χ0n) is 19.5. The molecule has 1 saturated heterocycles. The first-order valence-corrected chi connectivity index (χ1v) is 12.2. The standard InChI is InChI=1S/C26H31ClN6O/c1-19-25(27)22(32-26(30-19)23-9-5-6-13-29-23)11-10-21(20-7-3-2-4-8-20)31-24(34)12-16-33-17-14-28-15-18-33/h2-9,13,21,28H,10-12,14-18H2,1H3,(H,31,34)/t21-/m0/s1. The summed E-state index contributed by atoms with van der Waals surface area (Å²) in [5.41, 5.74) is 3.28. The fourth-order valence-corrected chi connectivity index (χ4v) is 4.32. The van der Waals surface area contributed by atoms with E-state index in [1.165, 1.54) is 0 Å². The Bertz CT molecular complexity index is 1070. The van der Waals surface area contributed by atoms with Gasteiger partial charge in [-0.1, -0.05) is 48.0 Å². The van der Waals surface area contributed by atoms with E-state index in [-0.39, 0.29) is 11.9 Å². The Morgan fingerprint density at radius 3 is 2.62 bits per heavy atom. The van der Waals surface area contributed by atoms with Crippen molar-refractivity contribution in [3.63, 3.8) is 0 Å². The molecule has 1 atom stereocenters. The van der Waals surface area contributed by atoms with Crippen LogP contribution in [0.15, 0.2) is 54.7 Å². The Balaban J connectivity index is 1.45. The first-order chi connectivity index (χ1) is 16.6. The minimum atomic E-state index is -0.124. The first kappa shape index (κ1) is 24.3. The lowest BCUT2D eigenvalue weighted by molar-refractivity contribution is -0.122. The van der Waals surface area contributed by atoms with E-state index in [9.17, 15) is 4.79 Å². The third kappa shape index (κ3) is 6.59. The number of pyridine rings is 1. The van der Waals surface area contributed by atoms with Crippen LogP contribution in [0.2, 0.25) is 5.02 Å².